The Morgan fingerprint density at radius 1 is 1.43 bits per heavy atom. The molecule has 5 heteroatoms. The Labute approximate surface area is 138 Å². The molecule has 5 nitrogen and oxygen atoms in total. The molecule has 3 atom stereocenters. The number of carbonyl (C=O) groups is 1. The molecule has 0 aromatic heterocycles. The van der Waals surface area contributed by atoms with Gasteiger partial charge in [-0.05, 0) is 45.2 Å². The zero-order chi connectivity index (χ0) is 16.8. The zero-order valence-electron chi connectivity index (χ0n) is 14.3. The summed E-state index contributed by atoms with van der Waals surface area (Å²) < 4.78 is 5.36. The molecule has 0 radical (unpaired) electrons. The quantitative estimate of drug-likeness (QED) is 0.841. The Morgan fingerprint density at radius 3 is 2.87 bits per heavy atom. The van der Waals surface area contributed by atoms with Crippen molar-refractivity contribution in [3.05, 3.63) is 29.8 Å². The molecule has 0 aliphatic carbocycles. The molecule has 2 rings (SSSR count). The third kappa shape index (κ3) is 4.45. The van der Waals surface area contributed by atoms with Gasteiger partial charge in [0.05, 0.1) is 19.2 Å². The number of amides is 1. The number of hydrogen-bond acceptors (Lipinski definition) is 4. The van der Waals surface area contributed by atoms with Crippen LogP contribution in [0.2, 0.25) is 0 Å². The molecule has 0 bridgehead atoms. The summed E-state index contributed by atoms with van der Waals surface area (Å²) in [6.45, 7) is 5.80. The third-order valence-corrected chi connectivity index (χ3v) is 4.70. The molecule has 1 saturated heterocycles. The third-order valence-electron chi connectivity index (χ3n) is 4.70. The number of rotatable bonds is 6. The lowest BCUT2D eigenvalue weighted by Gasteiger charge is -2.35. The molecule has 1 amide bonds. The summed E-state index contributed by atoms with van der Waals surface area (Å²) in [5.41, 5.74) is 0.974. The average Bonchev–Trinajstić information content (AvgIpc) is 2.60. The molecule has 1 aliphatic heterocycles. The number of benzene rings is 1. The van der Waals surface area contributed by atoms with Crippen molar-refractivity contribution < 1.29 is 14.6 Å². The average molecular weight is 320 g/mol. The summed E-state index contributed by atoms with van der Waals surface area (Å²) in [6.07, 6.45) is 2.07. The molecule has 1 heterocycles. The van der Waals surface area contributed by atoms with Crippen LogP contribution in [0.1, 0.15) is 38.3 Å². The van der Waals surface area contributed by atoms with E-state index in [9.17, 15) is 9.90 Å². The van der Waals surface area contributed by atoms with E-state index in [0.29, 0.717) is 0 Å². The van der Waals surface area contributed by atoms with Crippen LogP contribution in [0.5, 0.6) is 5.75 Å². The summed E-state index contributed by atoms with van der Waals surface area (Å²) in [5, 5.41) is 12.4. The fourth-order valence-corrected chi connectivity index (χ4v) is 3.20. The maximum Gasteiger partial charge on any atom is 0.237 e. The van der Waals surface area contributed by atoms with Crippen LogP contribution < -0.4 is 10.1 Å². The Balaban J connectivity index is 1.97. The van der Waals surface area contributed by atoms with Crippen LogP contribution in [0.25, 0.3) is 0 Å². The first-order chi connectivity index (χ1) is 11.1. The normalized spacial score (nSPS) is 21.5. The number of carbonyl (C=O) groups excluding carboxylic acids is 1. The van der Waals surface area contributed by atoms with Crippen molar-refractivity contribution in [1.29, 1.82) is 0 Å². The smallest absolute Gasteiger partial charge is 0.237 e. The lowest BCUT2D eigenvalue weighted by Crippen LogP contribution is -2.49. The SMILES string of the molecule is COc1ccccc1C(C)NC(=O)C(C)N1CCCC(CO)C1. The number of aliphatic hydroxyl groups excluding tert-OH is 1. The van der Waals surface area contributed by atoms with E-state index in [4.69, 9.17) is 4.74 Å². The van der Waals surface area contributed by atoms with Crippen LogP contribution in [0.15, 0.2) is 24.3 Å². The van der Waals surface area contributed by atoms with Gasteiger partial charge in [0.1, 0.15) is 5.75 Å². The number of para-hydroxylation sites is 1. The molecular weight excluding hydrogens is 292 g/mol. The van der Waals surface area contributed by atoms with Gasteiger partial charge in [-0.3, -0.25) is 9.69 Å². The minimum Gasteiger partial charge on any atom is -0.496 e. The van der Waals surface area contributed by atoms with Crippen molar-refractivity contribution >= 4 is 5.91 Å². The van der Waals surface area contributed by atoms with Crippen LogP contribution in [-0.2, 0) is 4.79 Å². The van der Waals surface area contributed by atoms with Crippen LogP contribution in [0.3, 0.4) is 0 Å². The fraction of sp³-hybridized carbons (Fsp3) is 0.611. The molecule has 0 spiro atoms. The highest BCUT2D eigenvalue weighted by Gasteiger charge is 2.28. The highest BCUT2D eigenvalue weighted by molar-refractivity contribution is 5.81. The van der Waals surface area contributed by atoms with E-state index in [1.165, 1.54) is 0 Å². The molecule has 0 saturated carbocycles. The van der Waals surface area contributed by atoms with E-state index in [1.54, 1.807) is 7.11 Å². The second kappa shape index (κ2) is 8.31. The van der Waals surface area contributed by atoms with Gasteiger partial charge in [-0.2, -0.15) is 0 Å². The largest absolute Gasteiger partial charge is 0.496 e. The first-order valence-electron chi connectivity index (χ1n) is 8.35. The Bertz CT molecular complexity index is 521. The minimum absolute atomic E-state index is 0.0157. The Morgan fingerprint density at radius 2 is 2.17 bits per heavy atom. The fourth-order valence-electron chi connectivity index (χ4n) is 3.20. The maximum absolute atomic E-state index is 12.6. The summed E-state index contributed by atoms with van der Waals surface area (Å²) in [4.78, 5) is 14.7. The number of hydrogen-bond donors (Lipinski definition) is 2. The van der Waals surface area contributed by atoms with E-state index in [2.05, 4.69) is 10.2 Å². The first-order valence-corrected chi connectivity index (χ1v) is 8.35. The van der Waals surface area contributed by atoms with Gasteiger partial charge in [-0.1, -0.05) is 18.2 Å². The topological polar surface area (TPSA) is 61.8 Å². The monoisotopic (exact) mass is 320 g/mol. The van der Waals surface area contributed by atoms with Crippen molar-refractivity contribution in [1.82, 2.24) is 10.2 Å². The van der Waals surface area contributed by atoms with Gasteiger partial charge in [-0.25, -0.2) is 0 Å². The second-order valence-electron chi connectivity index (χ2n) is 6.33. The summed E-state index contributed by atoms with van der Waals surface area (Å²) in [7, 11) is 1.64. The Kier molecular flexibility index (Phi) is 6.42. The highest BCUT2D eigenvalue weighted by Crippen LogP contribution is 2.25. The number of nitrogens with one attached hydrogen (secondary N) is 1. The minimum atomic E-state index is -0.193. The van der Waals surface area contributed by atoms with E-state index >= 15 is 0 Å². The predicted molar refractivity (Wildman–Crippen MR) is 90.4 cm³/mol. The van der Waals surface area contributed by atoms with Gasteiger partial charge in [0.25, 0.3) is 0 Å². The number of piperidine rings is 1. The van der Waals surface area contributed by atoms with Crippen LogP contribution in [-0.4, -0.2) is 48.8 Å². The van der Waals surface area contributed by atoms with E-state index < -0.39 is 0 Å². The summed E-state index contributed by atoms with van der Waals surface area (Å²) in [6, 6.07) is 7.43. The van der Waals surface area contributed by atoms with Gasteiger partial charge in [-0.15, -0.1) is 0 Å². The van der Waals surface area contributed by atoms with Crippen LogP contribution >= 0.6 is 0 Å². The molecular formula is C18H28N2O3. The zero-order valence-corrected chi connectivity index (χ0v) is 14.3. The lowest BCUT2D eigenvalue weighted by atomic mass is 9.97. The van der Waals surface area contributed by atoms with Gasteiger partial charge in [0, 0.05) is 18.7 Å². The maximum atomic E-state index is 12.6. The van der Waals surface area contributed by atoms with Crippen LogP contribution in [0, 0.1) is 5.92 Å². The molecule has 1 fully saturated rings. The Hall–Kier alpha value is -1.59. The number of nitrogens with zero attached hydrogens (tertiary/aromatic N) is 1. The predicted octanol–water partition coefficient (Wildman–Crippen LogP) is 1.97. The van der Waals surface area contributed by atoms with Crippen molar-refractivity contribution in [2.45, 2.75) is 38.8 Å². The number of likely N-dealkylation sites (tertiary alicyclic amines) is 1. The van der Waals surface area contributed by atoms with E-state index in [0.717, 1.165) is 37.2 Å². The first kappa shape index (κ1) is 17.8. The van der Waals surface area contributed by atoms with Crippen molar-refractivity contribution in [3.63, 3.8) is 0 Å². The molecule has 2 N–H and O–H groups in total. The summed E-state index contributed by atoms with van der Waals surface area (Å²) in [5.74, 6) is 1.08. The van der Waals surface area contributed by atoms with Crippen LogP contribution in [0.4, 0.5) is 0 Å². The number of methoxy groups -OCH3 is 1. The number of ether oxygens (including phenoxy) is 1. The van der Waals surface area contributed by atoms with E-state index in [-0.39, 0.29) is 30.5 Å². The molecule has 3 unspecified atom stereocenters. The van der Waals surface area contributed by atoms with Gasteiger partial charge in [0.15, 0.2) is 0 Å². The molecule has 1 aromatic carbocycles. The molecule has 128 valence electrons. The van der Waals surface area contributed by atoms with Gasteiger partial charge < -0.3 is 15.2 Å². The van der Waals surface area contributed by atoms with Crippen molar-refractivity contribution in [2.75, 3.05) is 26.8 Å². The standard InChI is InChI=1S/C18H28N2O3/c1-13(16-8-4-5-9-17(16)23-3)19-18(22)14(2)20-10-6-7-15(11-20)12-21/h4-5,8-9,13-15,21H,6-7,10-12H2,1-3H3,(H,19,22). The van der Waals surface area contributed by atoms with Crippen molar-refractivity contribution in [2.24, 2.45) is 5.92 Å². The highest BCUT2D eigenvalue weighted by atomic mass is 16.5. The van der Waals surface area contributed by atoms with Gasteiger partial charge >= 0.3 is 0 Å². The summed E-state index contributed by atoms with van der Waals surface area (Å²) >= 11 is 0. The van der Waals surface area contributed by atoms with Gasteiger partial charge in [0.2, 0.25) is 5.91 Å². The molecule has 23 heavy (non-hydrogen) atoms. The molecule has 1 aromatic rings. The van der Waals surface area contributed by atoms with E-state index in [1.807, 2.05) is 38.1 Å². The van der Waals surface area contributed by atoms with Crippen molar-refractivity contribution in [3.8, 4) is 5.75 Å². The second-order valence-corrected chi connectivity index (χ2v) is 6.33. The molecule has 1 aliphatic rings. The number of aliphatic hydroxyl groups is 1. The lowest BCUT2D eigenvalue weighted by molar-refractivity contribution is -0.127.